The highest BCUT2D eigenvalue weighted by molar-refractivity contribution is 5.97. The van der Waals surface area contributed by atoms with Gasteiger partial charge in [-0.05, 0) is 18.6 Å². The number of aliphatic hydroxyl groups is 1. The van der Waals surface area contributed by atoms with E-state index in [1.54, 1.807) is 12.1 Å². The topological polar surface area (TPSA) is 70.8 Å². The first kappa shape index (κ1) is 10.9. The summed E-state index contributed by atoms with van der Waals surface area (Å²) in [6, 6.07) is 3.30. The highest BCUT2D eigenvalue weighted by Crippen LogP contribution is 2.17. The van der Waals surface area contributed by atoms with Crippen molar-refractivity contribution >= 4 is 11.8 Å². The predicted octanol–water partition coefficient (Wildman–Crippen LogP) is 0.811. The Hall–Kier alpha value is -1.62. The van der Waals surface area contributed by atoms with Crippen molar-refractivity contribution in [3.63, 3.8) is 0 Å². The minimum absolute atomic E-state index is 0.154. The van der Waals surface area contributed by atoms with Gasteiger partial charge in [0.2, 0.25) is 11.8 Å². The maximum Gasteiger partial charge on any atom is 0.229 e. The van der Waals surface area contributed by atoms with Crippen LogP contribution in [0, 0.1) is 0 Å². The summed E-state index contributed by atoms with van der Waals surface area (Å²) in [5.41, 5.74) is 0. The molecule has 1 aliphatic heterocycles. The van der Waals surface area contributed by atoms with E-state index in [9.17, 15) is 9.59 Å². The van der Waals surface area contributed by atoms with E-state index in [0.717, 1.165) is 0 Å². The Labute approximate surface area is 92.7 Å². The lowest BCUT2D eigenvalue weighted by Gasteiger charge is -2.23. The average Bonchev–Trinajstić information content (AvgIpc) is 2.71. The summed E-state index contributed by atoms with van der Waals surface area (Å²) < 4.78 is 5.24. The summed E-state index contributed by atoms with van der Waals surface area (Å²) in [4.78, 5) is 24.2. The largest absolute Gasteiger partial charge is 0.462 e. The molecule has 0 unspecified atom stereocenters. The third-order valence-corrected chi connectivity index (χ3v) is 2.57. The molecule has 1 fully saturated rings. The van der Waals surface area contributed by atoms with E-state index < -0.39 is 0 Å². The van der Waals surface area contributed by atoms with Gasteiger partial charge in [0, 0.05) is 12.8 Å². The number of carbonyl (C=O) groups is 2. The van der Waals surface area contributed by atoms with E-state index in [1.165, 1.54) is 4.90 Å². The van der Waals surface area contributed by atoms with Crippen LogP contribution in [0.5, 0.6) is 0 Å². The van der Waals surface area contributed by atoms with Crippen LogP contribution in [-0.4, -0.2) is 21.8 Å². The van der Waals surface area contributed by atoms with Crippen molar-refractivity contribution in [3.8, 4) is 0 Å². The molecule has 0 aromatic carbocycles. The van der Waals surface area contributed by atoms with Crippen LogP contribution in [-0.2, 0) is 22.7 Å². The molecule has 2 heterocycles. The van der Waals surface area contributed by atoms with Crippen LogP contribution < -0.4 is 0 Å². The van der Waals surface area contributed by atoms with E-state index in [4.69, 9.17) is 9.52 Å². The van der Waals surface area contributed by atoms with Crippen molar-refractivity contribution in [1.82, 2.24) is 4.90 Å². The molecule has 5 heteroatoms. The van der Waals surface area contributed by atoms with E-state index in [2.05, 4.69) is 0 Å². The van der Waals surface area contributed by atoms with Crippen LogP contribution in [0.3, 0.4) is 0 Å². The monoisotopic (exact) mass is 223 g/mol. The van der Waals surface area contributed by atoms with Gasteiger partial charge in [-0.25, -0.2) is 0 Å². The Morgan fingerprint density at radius 3 is 2.38 bits per heavy atom. The Bertz CT molecular complexity index is 394. The molecule has 5 nitrogen and oxygen atoms in total. The third-order valence-electron chi connectivity index (χ3n) is 2.57. The minimum Gasteiger partial charge on any atom is -0.462 e. The molecule has 1 N–H and O–H groups in total. The van der Waals surface area contributed by atoms with Crippen molar-refractivity contribution in [1.29, 1.82) is 0 Å². The van der Waals surface area contributed by atoms with Crippen molar-refractivity contribution in [2.24, 2.45) is 0 Å². The second-order valence-electron chi connectivity index (χ2n) is 3.75. The summed E-state index contributed by atoms with van der Waals surface area (Å²) in [5, 5.41) is 8.82. The highest BCUT2D eigenvalue weighted by Gasteiger charge is 2.26. The SMILES string of the molecule is O=C1CCCC(=O)N1Cc1ccc(CO)o1. The van der Waals surface area contributed by atoms with Crippen molar-refractivity contribution < 1.29 is 19.1 Å². The second-order valence-corrected chi connectivity index (χ2v) is 3.75. The van der Waals surface area contributed by atoms with Crippen molar-refractivity contribution in [2.45, 2.75) is 32.4 Å². The van der Waals surface area contributed by atoms with Crippen LogP contribution in [0.1, 0.15) is 30.8 Å². The fourth-order valence-electron chi connectivity index (χ4n) is 1.72. The summed E-state index contributed by atoms with van der Waals surface area (Å²) in [6.07, 6.45) is 1.47. The number of carbonyl (C=O) groups excluding carboxylic acids is 2. The average molecular weight is 223 g/mol. The van der Waals surface area contributed by atoms with Gasteiger partial charge >= 0.3 is 0 Å². The van der Waals surface area contributed by atoms with Crippen LogP contribution in [0.15, 0.2) is 16.5 Å². The Morgan fingerprint density at radius 1 is 1.19 bits per heavy atom. The number of hydrogen-bond donors (Lipinski definition) is 1. The fourth-order valence-corrected chi connectivity index (χ4v) is 1.72. The van der Waals surface area contributed by atoms with E-state index in [0.29, 0.717) is 30.8 Å². The molecule has 0 spiro atoms. The number of nitrogens with zero attached hydrogens (tertiary/aromatic N) is 1. The van der Waals surface area contributed by atoms with Crippen molar-refractivity contribution in [3.05, 3.63) is 23.7 Å². The number of imide groups is 1. The summed E-state index contributed by atoms with van der Waals surface area (Å²) >= 11 is 0. The smallest absolute Gasteiger partial charge is 0.229 e. The van der Waals surface area contributed by atoms with E-state index in [1.807, 2.05) is 0 Å². The molecule has 0 saturated carbocycles. The molecule has 16 heavy (non-hydrogen) atoms. The lowest BCUT2D eigenvalue weighted by atomic mass is 10.1. The zero-order chi connectivity index (χ0) is 11.5. The molecule has 1 saturated heterocycles. The van der Waals surface area contributed by atoms with Gasteiger partial charge in [0.25, 0.3) is 0 Å². The maximum atomic E-state index is 11.5. The molecule has 0 atom stereocenters. The molecular weight excluding hydrogens is 210 g/mol. The van der Waals surface area contributed by atoms with Gasteiger partial charge in [0.1, 0.15) is 18.1 Å². The van der Waals surface area contributed by atoms with Crippen LogP contribution in [0.4, 0.5) is 0 Å². The summed E-state index contributed by atoms with van der Waals surface area (Å²) in [6.45, 7) is -0.0143. The number of piperidine rings is 1. The fraction of sp³-hybridized carbons (Fsp3) is 0.455. The molecular formula is C11H13NO4. The van der Waals surface area contributed by atoms with E-state index >= 15 is 0 Å². The Morgan fingerprint density at radius 2 is 1.81 bits per heavy atom. The molecule has 2 rings (SSSR count). The Kier molecular flexibility index (Phi) is 3.05. The number of amides is 2. The third kappa shape index (κ3) is 2.14. The first-order valence-corrected chi connectivity index (χ1v) is 5.22. The lowest BCUT2D eigenvalue weighted by Crippen LogP contribution is -2.39. The van der Waals surface area contributed by atoms with Gasteiger partial charge in [0.05, 0.1) is 6.54 Å². The molecule has 86 valence electrons. The predicted molar refractivity (Wildman–Crippen MR) is 54.0 cm³/mol. The summed E-state index contributed by atoms with van der Waals surface area (Å²) in [7, 11) is 0. The second kappa shape index (κ2) is 4.49. The first-order valence-electron chi connectivity index (χ1n) is 5.22. The molecule has 0 radical (unpaired) electrons. The van der Waals surface area contributed by atoms with E-state index in [-0.39, 0.29) is 25.0 Å². The zero-order valence-corrected chi connectivity index (χ0v) is 8.81. The van der Waals surface area contributed by atoms with Gasteiger partial charge in [-0.1, -0.05) is 0 Å². The molecule has 0 bridgehead atoms. The molecule has 2 amide bonds. The number of aliphatic hydroxyl groups excluding tert-OH is 1. The van der Waals surface area contributed by atoms with Gasteiger partial charge in [-0.2, -0.15) is 0 Å². The molecule has 1 aromatic rings. The van der Waals surface area contributed by atoms with Crippen LogP contribution >= 0.6 is 0 Å². The normalized spacial score (nSPS) is 16.9. The number of hydrogen-bond acceptors (Lipinski definition) is 4. The number of rotatable bonds is 3. The molecule has 1 aliphatic rings. The lowest BCUT2D eigenvalue weighted by molar-refractivity contribution is -0.149. The number of likely N-dealkylation sites (tertiary alicyclic amines) is 1. The maximum absolute atomic E-state index is 11.5. The summed E-state index contributed by atoms with van der Waals surface area (Å²) in [5.74, 6) is 0.649. The zero-order valence-electron chi connectivity index (χ0n) is 8.81. The van der Waals surface area contributed by atoms with Gasteiger partial charge in [-0.15, -0.1) is 0 Å². The van der Waals surface area contributed by atoms with Gasteiger partial charge in [-0.3, -0.25) is 14.5 Å². The van der Waals surface area contributed by atoms with Crippen molar-refractivity contribution in [2.75, 3.05) is 0 Å². The first-order chi connectivity index (χ1) is 7.70. The van der Waals surface area contributed by atoms with Gasteiger partial charge in [0.15, 0.2) is 0 Å². The number of furan rings is 1. The molecule has 0 aliphatic carbocycles. The quantitative estimate of drug-likeness (QED) is 0.770. The van der Waals surface area contributed by atoms with Crippen LogP contribution in [0.2, 0.25) is 0 Å². The van der Waals surface area contributed by atoms with Gasteiger partial charge < -0.3 is 9.52 Å². The van der Waals surface area contributed by atoms with Crippen LogP contribution in [0.25, 0.3) is 0 Å². The Balaban J connectivity index is 2.07. The minimum atomic E-state index is -0.179. The highest BCUT2D eigenvalue weighted by atomic mass is 16.4. The standard InChI is InChI=1S/C11H13NO4/c13-7-9-5-4-8(16-9)6-12-10(14)2-1-3-11(12)15/h4-5,13H,1-3,6-7H2. The molecule has 1 aromatic heterocycles.